The van der Waals surface area contributed by atoms with E-state index in [4.69, 9.17) is 0 Å². The Kier molecular flexibility index (Phi) is 4.16. The quantitative estimate of drug-likeness (QED) is 0.844. The molecule has 3 nitrogen and oxygen atoms in total. The van der Waals surface area contributed by atoms with Crippen LogP contribution in [0.5, 0.6) is 0 Å². The predicted octanol–water partition coefficient (Wildman–Crippen LogP) is 1.62. The molecule has 0 amide bonds. The van der Waals surface area contributed by atoms with Gasteiger partial charge in [-0.25, -0.2) is 0 Å². The number of benzene rings is 1. The minimum Gasteiger partial charge on any atom is -0.393 e. The number of hydrogen-bond acceptors (Lipinski definition) is 3. The van der Waals surface area contributed by atoms with Crippen molar-refractivity contribution in [3.63, 3.8) is 0 Å². The number of likely N-dealkylation sites (tertiary alicyclic amines) is 1. The normalized spacial score (nSPS) is 28.5. The summed E-state index contributed by atoms with van der Waals surface area (Å²) in [6.07, 6.45) is 3.41. The van der Waals surface area contributed by atoms with Crippen LogP contribution in [0.15, 0.2) is 30.3 Å². The molecule has 2 aliphatic rings. The predicted molar refractivity (Wildman–Crippen MR) is 76.9 cm³/mol. The highest BCUT2D eigenvalue weighted by Crippen LogP contribution is 2.22. The monoisotopic (exact) mass is 260 g/mol. The van der Waals surface area contributed by atoms with Gasteiger partial charge < -0.3 is 10.4 Å². The van der Waals surface area contributed by atoms with Gasteiger partial charge in [0.2, 0.25) is 0 Å². The molecule has 0 bridgehead atoms. The van der Waals surface area contributed by atoms with Gasteiger partial charge in [0.05, 0.1) is 6.10 Å². The van der Waals surface area contributed by atoms with Crippen LogP contribution in [0, 0.1) is 5.92 Å². The lowest BCUT2D eigenvalue weighted by Crippen LogP contribution is -2.46. The van der Waals surface area contributed by atoms with Crippen molar-refractivity contribution in [3.8, 4) is 0 Å². The lowest BCUT2D eigenvalue weighted by atomic mass is 9.94. The first-order valence-corrected chi connectivity index (χ1v) is 7.49. The maximum absolute atomic E-state index is 10.1. The van der Waals surface area contributed by atoms with Crippen LogP contribution in [-0.4, -0.2) is 41.8 Å². The van der Waals surface area contributed by atoms with E-state index in [-0.39, 0.29) is 6.10 Å². The van der Waals surface area contributed by atoms with Crippen LogP contribution in [0.3, 0.4) is 0 Å². The third-order valence-electron chi connectivity index (χ3n) is 4.27. The standard InChI is InChI=1S/C16H24N2O/c19-16-8-9-18(11-13-4-2-1-3-5-13)12-14(16)10-17-15-6-7-15/h1-5,14-17,19H,6-12H2/t14-,16-/m0/s1. The van der Waals surface area contributed by atoms with Crippen molar-refractivity contribution >= 4 is 0 Å². The molecule has 3 heteroatoms. The van der Waals surface area contributed by atoms with Crippen LogP contribution < -0.4 is 5.32 Å². The maximum atomic E-state index is 10.1. The third kappa shape index (κ3) is 3.78. The zero-order valence-electron chi connectivity index (χ0n) is 11.5. The molecule has 1 saturated heterocycles. The second kappa shape index (κ2) is 6.04. The van der Waals surface area contributed by atoms with Gasteiger partial charge in [-0.05, 0) is 24.8 Å². The number of nitrogens with one attached hydrogen (secondary N) is 1. The fourth-order valence-electron chi connectivity index (χ4n) is 2.89. The molecule has 1 saturated carbocycles. The second-order valence-electron chi connectivity index (χ2n) is 6.02. The van der Waals surface area contributed by atoms with E-state index >= 15 is 0 Å². The minimum atomic E-state index is -0.127. The lowest BCUT2D eigenvalue weighted by Gasteiger charge is -2.36. The van der Waals surface area contributed by atoms with Gasteiger partial charge in [0.15, 0.2) is 0 Å². The molecular formula is C16H24N2O. The van der Waals surface area contributed by atoms with Gasteiger partial charge in [-0.3, -0.25) is 4.90 Å². The molecule has 2 fully saturated rings. The molecule has 0 radical (unpaired) electrons. The zero-order chi connectivity index (χ0) is 13.1. The van der Waals surface area contributed by atoms with Crippen LogP contribution in [0.4, 0.5) is 0 Å². The summed E-state index contributed by atoms with van der Waals surface area (Å²) in [5.41, 5.74) is 1.37. The number of nitrogens with zero attached hydrogens (tertiary/aromatic N) is 1. The molecule has 2 N–H and O–H groups in total. The van der Waals surface area contributed by atoms with Gasteiger partial charge in [-0.15, -0.1) is 0 Å². The number of aliphatic hydroxyl groups is 1. The highest BCUT2D eigenvalue weighted by Gasteiger charge is 2.29. The molecule has 1 aromatic carbocycles. The minimum absolute atomic E-state index is 0.127. The Bertz CT molecular complexity index is 391. The molecular weight excluding hydrogens is 236 g/mol. The largest absolute Gasteiger partial charge is 0.393 e. The molecule has 1 aliphatic heterocycles. The summed E-state index contributed by atoms with van der Waals surface area (Å²) in [5, 5.41) is 13.7. The van der Waals surface area contributed by atoms with Gasteiger partial charge >= 0.3 is 0 Å². The molecule has 0 aromatic heterocycles. The smallest absolute Gasteiger partial charge is 0.0605 e. The summed E-state index contributed by atoms with van der Waals surface area (Å²) in [7, 11) is 0. The molecule has 0 spiro atoms. The summed E-state index contributed by atoms with van der Waals surface area (Å²) in [4.78, 5) is 2.47. The second-order valence-corrected chi connectivity index (χ2v) is 6.02. The summed E-state index contributed by atoms with van der Waals surface area (Å²) < 4.78 is 0. The highest BCUT2D eigenvalue weighted by atomic mass is 16.3. The lowest BCUT2D eigenvalue weighted by molar-refractivity contribution is 0.0239. The molecule has 1 aromatic rings. The van der Waals surface area contributed by atoms with Crippen molar-refractivity contribution in [1.29, 1.82) is 0 Å². The van der Waals surface area contributed by atoms with Crippen LogP contribution in [0.1, 0.15) is 24.8 Å². The zero-order valence-corrected chi connectivity index (χ0v) is 11.5. The van der Waals surface area contributed by atoms with Gasteiger partial charge in [0.1, 0.15) is 0 Å². The Hall–Kier alpha value is -0.900. The highest BCUT2D eigenvalue weighted by molar-refractivity contribution is 5.14. The van der Waals surface area contributed by atoms with Gasteiger partial charge in [0, 0.05) is 38.1 Å². The van der Waals surface area contributed by atoms with Crippen molar-refractivity contribution in [1.82, 2.24) is 10.2 Å². The summed E-state index contributed by atoms with van der Waals surface area (Å²) in [6, 6.07) is 11.4. The Balaban J connectivity index is 1.51. The van der Waals surface area contributed by atoms with E-state index in [9.17, 15) is 5.11 Å². The molecule has 0 unspecified atom stereocenters. The SMILES string of the molecule is O[C@H]1CCN(Cc2ccccc2)C[C@@H]1CNC1CC1. The molecule has 19 heavy (non-hydrogen) atoms. The topological polar surface area (TPSA) is 35.5 Å². The van der Waals surface area contributed by atoms with Gasteiger partial charge in [-0.1, -0.05) is 30.3 Å². The molecule has 1 aliphatic carbocycles. The van der Waals surface area contributed by atoms with Crippen LogP contribution >= 0.6 is 0 Å². The molecule has 104 valence electrons. The fraction of sp³-hybridized carbons (Fsp3) is 0.625. The van der Waals surface area contributed by atoms with Crippen molar-refractivity contribution in [2.24, 2.45) is 5.92 Å². The Morgan fingerprint density at radius 2 is 1.95 bits per heavy atom. The average Bonchev–Trinajstić information content (AvgIpc) is 3.25. The first-order valence-electron chi connectivity index (χ1n) is 7.49. The van der Waals surface area contributed by atoms with Crippen molar-refractivity contribution in [2.75, 3.05) is 19.6 Å². The summed E-state index contributed by atoms with van der Waals surface area (Å²) in [6.45, 7) is 4.00. The average molecular weight is 260 g/mol. The van der Waals surface area contributed by atoms with E-state index in [0.29, 0.717) is 5.92 Å². The van der Waals surface area contributed by atoms with Crippen molar-refractivity contribution in [2.45, 2.75) is 38.0 Å². The van der Waals surface area contributed by atoms with Crippen molar-refractivity contribution in [3.05, 3.63) is 35.9 Å². The third-order valence-corrected chi connectivity index (χ3v) is 4.27. The summed E-state index contributed by atoms with van der Waals surface area (Å²) >= 11 is 0. The van der Waals surface area contributed by atoms with E-state index < -0.39 is 0 Å². The molecule has 3 rings (SSSR count). The Morgan fingerprint density at radius 3 is 2.68 bits per heavy atom. The Morgan fingerprint density at radius 1 is 1.16 bits per heavy atom. The van der Waals surface area contributed by atoms with E-state index in [2.05, 4.69) is 40.5 Å². The van der Waals surface area contributed by atoms with Crippen LogP contribution in [0.2, 0.25) is 0 Å². The van der Waals surface area contributed by atoms with Gasteiger partial charge in [0.25, 0.3) is 0 Å². The van der Waals surface area contributed by atoms with E-state index in [1.165, 1.54) is 18.4 Å². The number of aliphatic hydroxyl groups excluding tert-OH is 1. The van der Waals surface area contributed by atoms with Crippen LogP contribution in [-0.2, 0) is 6.54 Å². The van der Waals surface area contributed by atoms with Crippen LogP contribution in [0.25, 0.3) is 0 Å². The maximum Gasteiger partial charge on any atom is 0.0605 e. The number of piperidine rings is 1. The van der Waals surface area contributed by atoms with Crippen molar-refractivity contribution < 1.29 is 5.11 Å². The Labute approximate surface area is 115 Å². The van der Waals surface area contributed by atoms with E-state index in [0.717, 1.165) is 38.6 Å². The van der Waals surface area contributed by atoms with E-state index in [1.54, 1.807) is 0 Å². The number of hydrogen-bond donors (Lipinski definition) is 2. The fourth-order valence-corrected chi connectivity index (χ4v) is 2.89. The molecule has 1 heterocycles. The first kappa shape index (κ1) is 13.1. The first-order chi connectivity index (χ1) is 9.31. The summed E-state index contributed by atoms with van der Waals surface area (Å²) in [5.74, 6) is 0.387. The van der Waals surface area contributed by atoms with E-state index in [1.807, 2.05) is 0 Å². The molecule has 2 atom stereocenters. The van der Waals surface area contributed by atoms with Gasteiger partial charge in [-0.2, -0.15) is 0 Å². The number of rotatable bonds is 5.